The van der Waals surface area contributed by atoms with E-state index >= 15 is 0 Å². The van der Waals surface area contributed by atoms with Gasteiger partial charge in [0.25, 0.3) is 0 Å². The number of hydrogen-bond acceptors (Lipinski definition) is 14. The Bertz CT molecular complexity index is 1260. The number of aliphatic hydroxyl groups excluding tert-OH is 2. The first-order chi connectivity index (χ1) is 33.9. The van der Waals surface area contributed by atoms with Crippen LogP contribution in [0.2, 0.25) is 0 Å². The Morgan fingerprint density at radius 2 is 0.700 bits per heavy atom. The predicted molar refractivity (Wildman–Crippen MR) is 288 cm³/mol. The predicted octanol–water partition coefficient (Wildman–Crippen LogP) is 3.36. The van der Waals surface area contributed by atoms with E-state index in [4.69, 9.17) is 22.9 Å². The Kier molecular flexibility index (Phi) is 45.5. The molecule has 0 saturated heterocycles. The summed E-state index contributed by atoms with van der Waals surface area (Å²) in [5.41, 5.74) is 23.5. The van der Waals surface area contributed by atoms with Crippen LogP contribution in [0.3, 0.4) is 0 Å². The molecule has 0 aliphatic heterocycles. The van der Waals surface area contributed by atoms with Gasteiger partial charge in [-0.25, -0.2) is 0 Å². The van der Waals surface area contributed by atoms with Crippen molar-refractivity contribution in [1.82, 2.24) is 31.9 Å². The van der Waals surface area contributed by atoms with Gasteiger partial charge in [0.2, 0.25) is 35.4 Å². The Morgan fingerprint density at radius 3 is 1.00 bits per heavy atom. The number of carbonyl (C=O) groups excluding carboxylic acids is 6. The minimum Gasteiger partial charge on any atom is -0.394 e. The number of hydrogen-bond donors (Lipinski definition) is 12. The van der Waals surface area contributed by atoms with Gasteiger partial charge in [-0.15, -0.1) is 0 Å². The number of nitrogens with two attached hydrogens (primary N) is 4. The summed E-state index contributed by atoms with van der Waals surface area (Å²) in [6.07, 6.45) is 26.4. The van der Waals surface area contributed by atoms with Crippen LogP contribution in [0, 0.1) is 0 Å². The molecule has 0 rings (SSSR count). The highest BCUT2D eigenvalue weighted by Gasteiger charge is 2.30. The molecule has 70 heavy (non-hydrogen) atoms. The third-order valence-electron chi connectivity index (χ3n) is 12.1. The fraction of sp³-hybridized carbons (Fsp3) is 0.880. The van der Waals surface area contributed by atoms with E-state index in [1.807, 2.05) is 0 Å². The van der Waals surface area contributed by atoms with Gasteiger partial charge in [0, 0.05) is 36.1 Å². The van der Waals surface area contributed by atoms with Crippen molar-refractivity contribution >= 4 is 59.0 Å². The van der Waals surface area contributed by atoms with Gasteiger partial charge in [-0.05, 0) is 51.6 Å². The fourth-order valence-corrected chi connectivity index (χ4v) is 9.77. The van der Waals surface area contributed by atoms with Crippen molar-refractivity contribution in [3.8, 4) is 0 Å². The second kappa shape index (κ2) is 47.3. The van der Waals surface area contributed by atoms with Crippen LogP contribution in [0.25, 0.3) is 0 Å². The van der Waals surface area contributed by atoms with Gasteiger partial charge in [0.15, 0.2) is 0 Å². The number of rotatable bonds is 49. The molecule has 0 aliphatic carbocycles. The molecular formula is C50H100N10O8S2. The molecule has 6 amide bonds. The molecule has 0 saturated carbocycles. The largest absolute Gasteiger partial charge is 0.394 e. The molecule has 16 N–H and O–H groups in total. The van der Waals surface area contributed by atoms with Crippen LogP contribution in [0.4, 0.5) is 0 Å². The maximum absolute atomic E-state index is 13.6. The van der Waals surface area contributed by atoms with Crippen molar-refractivity contribution in [2.24, 2.45) is 22.9 Å². The third kappa shape index (κ3) is 36.2. The van der Waals surface area contributed by atoms with Crippen molar-refractivity contribution in [3.63, 3.8) is 0 Å². The van der Waals surface area contributed by atoms with Gasteiger partial charge in [-0.1, -0.05) is 142 Å². The second-order valence-corrected chi connectivity index (χ2v) is 20.8. The molecule has 6 unspecified atom stereocenters. The molecule has 0 spiro atoms. The minimum absolute atomic E-state index is 0.108. The Balaban J connectivity index is 5.43. The van der Waals surface area contributed by atoms with Gasteiger partial charge in [0.1, 0.15) is 24.2 Å². The van der Waals surface area contributed by atoms with E-state index in [9.17, 15) is 39.0 Å². The van der Waals surface area contributed by atoms with E-state index in [1.54, 1.807) is 0 Å². The summed E-state index contributed by atoms with van der Waals surface area (Å²) in [5, 5.41) is 36.4. The average Bonchev–Trinajstić information content (AvgIpc) is 3.35. The average molecular weight is 1030 g/mol. The van der Waals surface area contributed by atoms with Crippen molar-refractivity contribution in [1.29, 1.82) is 0 Å². The summed E-state index contributed by atoms with van der Waals surface area (Å²) in [6, 6.07) is -6.37. The molecule has 18 nitrogen and oxygen atoms in total. The first-order valence-electron chi connectivity index (χ1n) is 27.0. The lowest BCUT2D eigenvalue weighted by Gasteiger charge is -2.24. The van der Waals surface area contributed by atoms with E-state index in [2.05, 4.69) is 45.7 Å². The Labute approximate surface area is 430 Å². The normalized spacial score (nSPS) is 13.9. The van der Waals surface area contributed by atoms with Crippen LogP contribution >= 0.6 is 23.5 Å². The number of unbranched alkanes of at least 4 members (excludes halogenated alkanes) is 20. The smallest absolute Gasteiger partial charge is 0.244 e. The molecule has 0 fully saturated rings. The monoisotopic (exact) mass is 1030 g/mol. The highest BCUT2D eigenvalue weighted by Crippen LogP contribution is 2.14. The lowest BCUT2D eigenvalue weighted by Crippen LogP contribution is -2.57. The van der Waals surface area contributed by atoms with Gasteiger partial charge in [-0.2, -0.15) is 23.5 Å². The first kappa shape index (κ1) is 67.3. The summed E-state index contributed by atoms with van der Waals surface area (Å²) in [5.74, 6) is -2.26. The third-order valence-corrected chi connectivity index (χ3v) is 14.5. The van der Waals surface area contributed by atoms with Crippen LogP contribution in [0.1, 0.15) is 181 Å². The molecule has 0 aromatic heterocycles. The molecular weight excluding hydrogens is 933 g/mol. The highest BCUT2D eigenvalue weighted by molar-refractivity contribution is 8.03. The van der Waals surface area contributed by atoms with Crippen molar-refractivity contribution < 1.29 is 39.0 Å². The second-order valence-electron chi connectivity index (χ2n) is 18.5. The van der Waals surface area contributed by atoms with Crippen LogP contribution < -0.4 is 54.8 Å². The number of carbonyl (C=O) groups is 6. The molecule has 0 aromatic rings. The molecule has 0 aromatic carbocycles. The van der Waals surface area contributed by atoms with Crippen molar-refractivity contribution in [3.05, 3.63) is 0 Å². The molecule has 0 aliphatic rings. The Hall–Kier alpha value is -2.72. The van der Waals surface area contributed by atoms with Crippen LogP contribution in [-0.2, 0) is 28.8 Å². The maximum Gasteiger partial charge on any atom is 0.244 e. The Morgan fingerprint density at radius 1 is 0.400 bits per heavy atom. The number of thioether (sulfide) groups is 2. The van der Waals surface area contributed by atoms with E-state index < -0.39 is 84.9 Å². The topological polar surface area (TPSA) is 319 Å². The van der Waals surface area contributed by atoms with Crippen LogP contribution in [0.5, 0.6) is 0 Å². The molecule has 20 heteroatoms. The maximum atomic E-state index is 13.6. The molecule has 0 radical (unpaired) electrons. The summed E-state index contributed by atoms with van der Waals surface area (Å²) in [4.78, 5) is 79.4. The lowest BCUT2D eigenvalue weighted by atomic mass is 10.1. The zero-order valence-corrected chi connectivity index (χ0v) is 45.0. The van der Waals surface area contributed by atoms with Gasteiger partial charge < -0.3 is 65.0 Å². The molecule has 6 atom stereocenters. The van der Waals surface area contributed by atoms with Gasteiger partial charge in [-0.3, -0.25) is 28.8 Å². The summed E-state index contributed by atoms with van der Waals surface area (Å²) in [7, 11) is 0. The van der Waals surface area contributed by atoms with Crippen LogP contribution in [-0.4, -0.2) is 144 Å². The first-order valence-corrected chi connectivity index (χ1v) is 29.3. The zero-order valence-electron chi connectivity index (χ0n) is 43.4. The van der Waals surface area contributed by atoms with Gasteiger partial charge >= 0.3 is 0 Å². The minimum atomic E-state index is -1.22. The molecule has 0 heterocycles. The SMILES string of the molecule is CCCCCCCCCCCCNC(=O)C(CO)NC(=O)C(CSCCSCC(NC(=O)C(N)CCCCN)C(=O)NC(CO)C(=O)NCCCCCCCCCCCC)NC(=O)C(N)CCCCN. The fourth-order valence-electron chi connectivity index (χ4n) is 7.55. The molecule has 0 bridgehead atoms. The zero-order chi connectivity index (χ0) is 52.0. The lowest BCUT2D eigenvalue weighted by molar-refractivity contribution is -0.132. The van der Waals surface area contributed by atoms with E-state index in [0.717, 1.165) is 51.4 Å². The van der Waals surface area contributed by atoms with Crippen LogP contribution in [0.15, 0.2) is 0 Å². The van der Waals surface area contributed by atoms with Crippen molar-refractivity contribution in [2.45, 2.75) is 217 Å². The van der Waals surface area contributed by atoms with E-state index in [1.165, 1.54) is 101 Å². The van der Waals surface area contributed by atoms with Gasteiger partial charge in [0.05, 0.1) is 25.3 Å². The number of aliphatic hydroxyl groups is 2. The highest BCUT2D eigenvalue weighted by atomic mass is 32.2. The summed E-state index contributed by atoms with van der Waals surface area (Å²) >= 11 is 2.69. The quantitative estimate of drug-likeness (QED) is 0.0389. The van der Waals surface area contributed by atoms with Crippen molar-refractivity contribution in [2.75, 3.05) is 62.4 Å². The number of nitrogens with one attached hydrogen (secondary N) is 6. The summed E-state index contributed by atoms with van der Waals surface area (Å²) < 4.78 is 0. The molecule has 410 valence electrons. The summed E-state index contributed by atoms with van der Waals surface area (Å²) in [6.45, 7) is 4.89. The van der Waals surface area contributed by atoms with E-state index in [0.29, 0.717) is 76.2 Å². The number of amides is 6. The standard InChI is InChI=1S/C50H100N10O8S2/c1-3-5-7-9-11-13-15-17-19-25-31-55-47(65)41(35-61)57-49(67)43(59-45(63)39(53)27-21-23-29-51)37-69-33-34-70-38-44(60-46(64)40(54)28-22-24-30-52)50(68)58-42(36-62)48(66)56-32-26-20-18-16-14-12-10-8-6-4-2/h39-44,61-62H,3-38,51-54H2,1-2H3,(H,55,65)(H,56,66)(H,57,67)(H,58,68)(H,59,63)(H,60,64). The van der Waals surface area contributed by atoms with E-state index in [-0.39, 0.29) is 11.5 Å².